The van der Waals surface area contributed by atoms with E-state index in [1.165, 1.54) is 0 Å². The van der Waals surface area contributed by atoms with Crippen LogP contribution in [-0.4, -0.2) is 58.5 Å². The number of carboxylic acid groups (broad SMARTS) is 1. The van der Waals surface area contributed by atoms with Crippen LogP contribution in [0.3, 0.4) is 0 Å². The second kappa shape index (κ2) is 8.60. The fourth-order valence-electron chi connectivity index (χ4n) is 2.68. The Bertz CT molecular complexity index is 513. The summed E-state index contributed by atoms with van der Waals surface area (Å²) in [6, 6.07) is -1.01. The molecule has 150 valence electrons. The fraction of sp³-hybridized carbons (Fsp3) is 0.833. The van der Waals surface area contributed by atoms with Gasteiger partial charge < -0.3 is 24.8 Å². The Morgan fingerprint density at radius 3 is 1.96 bits per heavy atom. The van der Waals surface area contributed by atoms with E-state index in [1.54, 1.807) is 25.7 Å². The van der Waals surface area contributed by atoms with Crippen molar-refractivity contribution in [3.05, 3.63) is 0 Å². The third-order valence-corrected chi connectivity index (χ3v) is 3.82. The fourth-order valence-corrected chi connectivity index (χ4v) is 2.68. The van der Waals surface area contributed by atoms with E-state index in [2.05, 4.69) is 5.32 Å². The average Bonchev–Trinajstić information content (AvgIpc) is 2.43. The number of carboxylic acids is 1. The van der Waals surface area contributed by atoms with Crippen LogP contribution in [0.4, 0.5) is 9.59 Å². The van der Waals surface area contributed by atoms with Crippen LogP contribution < -0.4 is 5.32 Å². The smallest absolute Gasteiger partial charge is 0.410 e. The van der Waals surface area contributed by atoms with Gasteiger partial charge in [0.25, 0.3) is 0 Å². The molecular formula is C18H32N2O6. The van der Waals surface area contributed by atoms with Crippen molar-refractivity contribution in [2.24, 2.45) is 5.92 Å². The van der Waals surface area contributed by atoms with Crippen molar-refractivity contribution in [1.29, 1.82) is 0 Å². The lowest BCUT2D eigenvalue weighted by Gasteiger charge is -2.34. The first-order chi connectivity index (χ1) is 11.8. The molecule has 1 aliphatic heterocycles. The number of amides is 2. The summed E-state index contributed by atoms with van der Waals surface area (Å²) in [6.07, 6.45) is 0.545. The van der Waals surface area contributed by atoms with Gasteiger partial charge in [0.1, 0.15) is 17.2 Å². The first-order valence-electron chi connectivity index (χ1n) is 8.97. The first kappa shape index (κ1) is 22.1. The molecule has 0 aromatic carbocycles. The number of ether oxygens (including phenoxy) is 2. The molecule has 1 rings (SSSR count). The molecule has 0 saturated carbocycles. The van der Waals surface area contributed by atoms with Gasteiger partial charge in [-0.15, -0.1) is 0 Å². The van der Waals surface area contributed by atoms with Gasteiger partial charge in [-0.3, -0.25) is 0 Å². The molecule has 0 unspecified atom stereocenters. The Hall–Kier alpha value is -1.99. The number of nitrogens with one attached hydrogen (secondary N) is 1. The van der Waals surface area contributed by atoms with Crippen molar-refractivity contribution in [2.45, 2.75) is 78.0 Å². The van der Waals surface area contributed by atoms with Crippen LogP contribution in [0.5, 0.6) is 0 Å². The number of rotatable bonds is 4. The second-order valence-electron chi connectivity index (χ2n) is 8.68. The molecule has 0 aromatic rings. The minimum Gasteiger partial charge on any atom is -0.480 e. The van der Waals surface area contributed by atoms with Gasteiger partial charge in [-0.1, -0.05) is 0 Å². The van der Waals surface area contributed by atoms with Crippen LogP contribution in [0.25, 0.3) is 0 Å². The zero-order chi connectivity index (χ0) is 20.1. The Labute approximate surface area is 155 Å². The minimum atomic E-state index is -1.09. The Balaban J connectivity index is 2.51. The van der Waals surface area contributed by atoms with Crippen molar-refractivity contribution < 1.29 is 29.0 Å². The zero-order valence-corrected chi connectivity index (χ0v) is 16.6. The monoisotopic (exact) mass is 372 g/mol. The molecule has 0 radical (unpaired) electrons. The molecule has 1 aliphatic rings. The summed E-state index contributed by atoms with van der Waals surface area (Å²) in [5, 5.41) is 11.8. The van der Waals surface area contributed by atoms with Crippen LogP contribution in [0, 0.1) is 5.92 Å². The topological polar surface area (TPSA) is 105 Å². The molecule has 2 amide bonds. The summed E-state index contributed by atoms with van der Waals surface area (Å²) < 4.78 is 10.5. The summed E-state index contributed by atoms with van der Waals surface area (Å²) in [6.45, 7) is 11.6. The van der Waals surface area contributed by atoms with Crippen LogP contribution in [-0.2, 0) is 14.3 Å². The molecule has 0 bridgehead atoms. The predicted molar refractivity (Wildman–Crippen MR) is 95.9 cm³/mol. The number of nitrogens with zero attached hydrogens (tertiary/aromatic N) is 1. The third kappa shape index (κ3) is 8.40. The van der Waals surface area contributed by atoms with Crippen molar-refractivity contribution >= 4 is 18.2 Å². The summed E-state index contributed by atoms with van der Waals surface area (Å²) in [5.41, 5.74) is -1.23. The summed E-state index contributed by atoms with van der Waals surface area (Å²) in [4.78, 5) is 37.0. The van der Waals surface area contributed by atoms with E-state index >= 15 is 0 Å². The maximum Gasteiger partial charge on any atom is 0.410 e. The highest BCUT2D eigenvalue weighted by atomic mass is 16.6. The highest BCUT2D eigenvalue weighted by molar-refractivity contribution is 5.80. The molecule has 1 heterocycles. The zero-order valence-electron chi connectivity index (χ0n) is 16.6. The third-order valence-electron chi connectivity index (χ3n) is 3.82. The van der Waals surface area contributed by atoms with Gasteiger partial charge in [-0.2, -0.15) is 0 Å². The van der Waals surface area contributed by atoms with E-state index in [0.29, 0.717) is 32.4 Å². The van der Waals surface area contributed by atoms with E-state index < -0.39 is 29.3 Å². The Kier molecular flexibility index (Phi) is 7.29. The largest absolute Gasteiger partial charge is 0.480 e. The lowest BCUT2D eigenvalue weighted by molar-refractivity contribution is -0.140. The maximum atomic E-state index is 12.1. The Morgan fingerprint density at radius 1 is 1.04 bits per heavy atom. The average molecular weight is 372 g/mol. The minimum absolute atomic E-state index is 0.102. The van der Waals surface area contributed by atoms with Gasteiger partial charge in [-0.25, -0.2) is 14.4 Å². The molecule has 26 heavy (non-hydrogen) atoms. The number of aliphatic carboxylic acids is 1. The van der Waals surface area contributed by atoms with Gasteiger partial charge >= 0.3 is 18.2 Å². The Morgan fingerprint density at radius 2 is 1.54 bits per heavy atom. The quantitative estimate of drug-likeness (QED) is 0.786. The summed E-state index contributed by atoms with van der Waals surface area (Å²) in [7, 11) is 0. The molecule has 0 aromatic heterocycles. The molecule has 2 N–H and O–H groups in total. The molecule has 1 atom stereocenters. The molecule has 1 saturated heterocycles. The van der Waals surface area contributed by atoms with E-state index in [9.17, 15) is 19.5 Å². The van der Waals surface area contributed by atoms with Crippen molar-refractivity contribution in [1.82, 2.24) is 10.2 Å². The second-order valence-corrected chi connectivity index (χ2v) is 8.68. The normalized spacial score (nSPS) is 17.4. The van der Waals surface area contributed by atoms with Crippen LogP contribution in [0.2, 0.25) is 0 Å². The molecule has 8 nitrogen and oxygen atoms in total. The molecular weight excluding hydrogens is 340 g/mol. The van der Waals surface area contributed by atoms with Crippen LogP contribution in [0.15, 0.2) is 0 Å². The number of hydrogen-bond acceptors (Lipinski definition) is 5. The first-order valence-corrected chi connectivity index (χ1v) is 8.97. The number of carbonyl (C=O) groups is 3. The lowest BCUT2D eigenvalue weighted by atomic mass is 9.90. The van der Waals surface area contributed by atoms with E-state index in [0.717, 1.165) is 0 Å². The van der Waals surface area contributed by atoms with E-state index in [4.69, 9.17) is 9.47 Å². The standard InChI is InChI=1S/C18H32N2O6/c1-17(2,3)25-15(23)19-13(14(21)22)11-12-7-9-20(10-8-12)16(24)26-18(4,5)6/h12-13H,7-11H2,1-6H3,(H,19,23)(H,21,22)/t13-/m0/s1. The number of piperidine rings is 1. The lowest BCUT2D eigenvalue weighted by Crippen LogP contribution is -2.46. The predicted octanol–water partition coefficient (Wildman–Crippen LogP) is 3.00. The summed E-state index contributed by atoms with van der Waals surface area (Å²) >= 11 is 0. The van der Waals surface area contributed by atoms with Crippen LogP contribution >= 0.6 is 0 Å². The van der Waals surface area contributed by atoms with Gasteiger partial charge in [0.05, 0.1) is 0 Å². The van der Waals surface area contributed by atoms with E-state index in [1.807, 2.05) is 20.8 Å². The van der Waals surface area contributed by atoms with E-state index in [-0.39, 0.29) is 12.0 Å². The SMILES string of the molecule is CC(C)(C)OC(=O)N[C@@H](CC1CCN(C(=O)OC(C)(C)C)CC1)C(=O)O. The highest BCUT2D eigenvalue weighted by Crippen LogP contribution is 2.24. The van der Waals surface area contributed by atoms with Crippen LogP contribution in [0.1, 0.15) is 60.8 Å². The number of likely N-dealkylation sites (tertiary alicyclic amines) is 1. The van der Waals surface area contributed by atoms with Gasteiger partial charge in [-0.05, 0) is 66.7 Å². The number of hydrogen-bond donors (Lipinski definition) is 2. The molecule has 8 heteroatoms. The maximum absolute atomic E-state index is 12.1. The number of alkyl carbamates (subject to hydrolysis) is 1. The summed E-state index contributed by atoms with van der Waals surface area (Å²) in [5.74, 6) is -0.991. The van der Waals surface area contributed by atoms with Gasteiger partial charge in [0, 0.05) is 13.1 Å². The number of carbonyl (C=O) groups excluding carboxylic acids is 2. The molecule has 0 aliphatic carbocycles. The molecule has 1 fully saturated rings. The van der Waals surface area contributed by atoms with Gasteiger partial charge in [0.15, 0.2) is 0 Å². The highest BCUT2D eigenvalue weighted by Gasteiger charge is 2.31. The van der Waals surface area contributed by atoms with Crippen molar-refractivity contribution in [3.63, 3.8) is 0 Å². The van der Waals surface area contributed by atoms with Gasteiger partial charge in [0.2, 0.25) is 0 Å². The van der Waals surface area contributed by atoms with Crippen molar-refractivity contribution in [3.8, 4) is 0 Å². The van der Waals surface area contributed by atoms with Crippen molar-refractivity contribution in [2.75, 3.05) is 13.1 Å². The molecule has 0 spiro atoms.